The van der Waals surface area contributed by atoms with Gasteiger partial charge in [0.05, 0.1) is 4.90 Å². The molecule has 7 heteroatoms. The third-order valence-electron chi connectivity index (χ3n) is 5.16. The van der Waals surface area contributed by atoms with Gasteiger partial charge in [-0.05, 0) is 49.8 Å². The molecule has 25 heavy (non-hydrogen) atoms. The number of rotatable bonds is 5. The lowest BCUT2D eigenvalue weighted by molar-refractivity contribution is 0.286. The van der Waals surface area contributed by atoms with Gasteiger partial charge in [-0.2, -0.15) is 4.31 Å². The summed E-state index contributed by atoms with van der Waals surface area (Å²) in [5.41, 5.74) is 1.14. The molecule has 0 atom stereocenters. The first-order chi connectivity index (χ1) is 12.1. The number of aryl methyl sites for hydroxylation is 1. The number of piperidine rings is 1. The molecule has 134 valence electrons. The Morgan fingerprint density at radius 3 is 2.08 bits per heavy atom. The standard InChI is InChI=1S/C18H23N3O3S/c1-2-13-3-7-16(8-4-13)25(22,23)21-11-9-15(10-12-21)18-20-19-17(24-18)14-5-6-14/h3-4,7-8,14-15H,2,5-6,9-12H2,1H3. The maximum absolute atomic E-state index is 12.8. The van der Waals surface area contributed by atoms with Gasteiger partial charge in [0, 0.05) is 24.9 Å². The molecule has 1 aliphatic heterocycles. The second-order valence-corrected chi connectivity index (χ2v) is 8.87. The lowest BCUT2D eigenvalue weighted by Gasteiger charge is -2.29. The van der Waals surface area contributed by atoms with Gasteiger partial charge in [0.25, 0.3) is 0 Å². The van der Waals surface area contributed by atoms with Crippen LogP contribution in [-0.4, -0.2) is 36.0 Å². The molecule has 2 heterocycles. The number of sulfonamides is 1. The van der Waals surface area contributed by atoms with E-state index in [0.717, 1.165) is 43.6 Å². The van der Waals surface area contributed by atoms with E-state index in [0.29, 0.717) is 29.8 Å². The summed E-state index contributed by atoms with van der Waals surface area (Å²) in [5, 5.41) is 8.32. The van der Waals surface area contributed by atoms with Crippen LogP contribution in [0.4, 0.5) is 0 Å². The lowest BCUT2D eigenvalue weighted by atomic mass is 9.98. The highest BCUT2D eigenvalue weighted by Gasteiger charge is 2.34. The molecule has 0 bridgehead atoms. The molecule has 1 aromatic heterocycles. The van der Waals surface area contributed by atoms with E-state index in [2.05, 4.69) is 17.1 Å². The predicted molar refractivity (Wildman–Crippen MR) is 92.8 cm³/mol. The third-order valence-corrected chi connectivity index (χ3v) is 7.07. The Kier molecular flexibility index (Phi) is 4.37. The molecule has 2 aliphatic rings. The number of hydrogen-bond donors (Lipinski definition) is 0. The fraction of sp³-hybridized carbons (Fsp3) is 0.556. The largest absolute Gasteiger partial charge is 0.425 e. The van der Waals surface area contributed by atoms with Gasteiger partial charge in [-0.25, -0.2) is 8.42 Å². The summed E-state index contributed by atoms with van der Waals surface area (Å²) in [4.78, 5) is 0.372. The van der Waals surface area contributed by atoms with Crippen molar-refractivity contribution in [3.05, 3.63) is 41.6 Å². The summed E-state index contributed by atoms with van der Waals surface area (Å²) in [5.74, 6) is 2.04. The van der Waals surface area contributed by atoms with Gasteiger partial charge in [-0.15, -0.1) is 10.2 Å². The van der Waals surface area contributed by atoms with Crippen LogP contribution < -0.4 is 0 Å². The molecule has 0 N–H and O–H groups in total. The van der Waals surface area contributed by atoms with E-state index in [1.165, 1.54) is 0 Å². The van der Waals surface area contributed by atoms with Gasteiger partial charge in [0.1, 0.15) is 0 Å². The number of benzene rings is 1. The Balaban J connectivity index is 1.42. The zero-order chi connectivity index (χ0) is 17.4. The van der Waals surface area contributed by atoms with E-state index in [1.807, 2.05) is 12.1 Å². The molecule has 6 nitrogen and oxygen atoms in total. The van der Waals surface area contributed by atoms with E-state index >= 15 is 0 Å². The highest BCUT2D eigenvalue weighted by atomic mass is 32.2. The Morgan fingerprint density at radius 1 is 1.00 bits per heavy atom. The molecular formula is C18H23N3O3S. The van der Waals surface area contributed by atoms with Crippen molar-refractivity contribution in [3.8, 4) is 0 Å². The van der Waals surface area contributed by atoms with Crippen LogP contribution in [0.25, 0.3) is 0 Å². The Hall–Kier alpha value is -1.73. The molecule has 1 aromatic carbocycles. The van der Waals surface area contributed by atoms with Crippen molar-refractivity contribution in [2.45, 2.75) is 55.8 Å². The minimum Gasteiger partial charge on any atom is -0.425 e. The molecule has 0 amide bonds. The summed E-state index contributed by atoms with van der Waals surface area (Å²) >= 11 is 0. The lowest BCUT2D eigenvalue weighted by Crippen LogP contribution is -2.37. The molecule has 0 unspecified atom stereocenters. The van der Waals surface area contributed by atoms with Gasteiger partial charge in [-0.3, -0.25) is 0 Å². The predicted octanol–water partition coefficient (Wildman–Crippen LogP) is 3.08. The highest BCUT2D eigenvalue weighted by molar-refractivity contribution is 7.89. The first kappa shape index (κ1) is 16.7. The third kappa shape index (κ3) is 3.35. The fourth-order valence-electron chi connectivity index (χ4n) is 3.30. The van der Waals surface area contributed by atoms with Crippen LogP contribution in [0.5, 0.6) is 0 Å². The molecule has 0 spiro atoms. The van der Waals surface area contributed by atoms with E-state index in [4.69, 9.17) is 4.42 Å². The van der Waals surface area contributed by atoms with Crippen molar-refractivity contribution in [1.29, 1.82) is 0 Å². The molecule has 2 aromatic rings. The van der Waals surface area contributed by atoms with Crippen LogP contribution in [0.15, 0.2) is 33.6 Å². The first-order valence-electron chi connectivity index (χ1n) is 9.00. The second-order valence-electron chi connectivity index (χ2n) is 6.93. The van der Waals surface area contributed by atoms with Crippen molar-refractivity contribution in [2.24, 2.45) is 0 Å². The van der Waals surface area contributed by atoms with Crippen molar-refractivity contribution in [3.63, 3.8) is 0 Å². The molecule has 1 aliphatic carbocycles. The Bertz CT molecular complexity index is 833. The van der Waals surface area contributed by atoms with Gasteiger partial charge in [0.15, 0.2) is 0 Å². The van der Waals surface area contributed by atoms with Gasteiger partial charge >= 0.3 is 0 Å². The quantitative estimate of drug-likeness (QED) is 0.818. The summed E-state index contributed by atoms with van der Waals surface area (Å²) in [7, 11) is -3.42. The Morgan fingerprint density at radius 2 is 1.56 bits per heavy atom. The molecule has 1 saturated heterocycles. The average Bonchev–Trinajstić information content (AvgIpc) is 3.39. The van der Waals surface area contributed by atoms with Crippen LogP contribution in [-0.2, 0) is 16.4 Å². The van der Waals surface area contributed by atoms with Crippen LogP contribution in [0, 0.1) is 0 Å². The first-order valence-corrected chi connectivity index (χ1v) is 10.4. The second kappa shape index (κ2) is 6.53. The average molecular weight is 361 g/mol. The normalized spacial score (nSPS) is 20.0. The zero-order valence-corrected chi connectivity index (χ0v) is 15.2. The maximum atomic E-state index is 12.8. The van der Waals surface area contributed by atoms with E-state index in [-0.39, 0.29) is 5.92 Å². The van der Waals surface area contributed by atoms with Crippen molar-refractivity contribution < 1.29 is 12.8 Å². The molecule has 2 fully saturated rings. The van der Waals surface area contributed by atoms with E-state index in [1.54, 1.807) is 16.4 Å². The molecule has 4 rings (SSSR count). The monoisotopic (exact) mass is 361 g/mol. The van der Waals surface area contributed by atoms with Gasteiger partial charge in [-0.1, -0.05) is 19.1 Å². The minimum atomic E-state index is -3.42. The van der Waals surface area contributed by atoms with Gasteiger partial charge < -0.3 is 4.42 Å². The van der Waals surface area contributed by atoms with Gasteiger partial charge in [0.2, 0.25) is 21.8 Å². The van der Waals surface area contributed by atoms with Crippen LogP contribution in [0.2, 0.25) is 0 Å². The number of hydrogen-bond acceptors (Lipinski definition) is 5. The fourth-order valence-corrected chi connectivity index (χ4v) is 4.77. The molecular weight excluding hydrogens is 338 g/mol. The number of aromatic nitrogens is 2. The van der Waals surface area contributed by atoms with Crippen molar-refractivity contribution in [1.82, 2.24) is 14.5 Å². The minimum absolute atomic E-state index is 0.161. The SMILES string of the molecule is CCc1ccc(S(=O)(=O)N2CCC(c3nnc(C4CC4)o3)CC2)cc1. The highest BCUT2D eigenvalue weighted by Crippen LogP contribution is 2.40. The van der Waals surface area contributed by atoms with Crippen LogP contribution in [0.3, 0.4) is 0 Å². The summed E-state index contributed by atoms with van der Waals surface area (Å²) in [6.07, 6.45) is 4.61. The Labute approximate surface area is 148 Å². The smallest absolute Gasteiger partial charge is 0.243 e. The zero-order valence-electron chi connectivity index (χ0n) is 14.4. The van der Waals surface area contributed by atoms with Crippen molar-refractivity contribution >= 4 is 10.0 Å². The summed E-state index contributed by atoms with van der Waals surface area (Å²) in [6, 6.07) is 7.19. The van der Waals surface area contributed by atoms with Crippen LogP contribution >= 0.6 is 0 Å². The van der Waals surface area contributed by atoms with E-state index < -0.39 is 10.0 Å². The summed E-state index contributed by atoms with van der Waals surface area (Å²) < 4.78 is 33.0. The van der Waals surface area contributed by atoms with Crippen molar-refractivity contribution in [2.75, 3.05) is 13.1 Å². The van der Waals surface area contributed by atoms with Crippen LogP contribution in [0.1, 0.15) is 61.8 Å². The summed E-state index contributed by atoms with van der Waals surface area (Å²) in [6.45, 7) is 3.04. The number of nitrogens with zero attached hydrogens (tertiary/aromatic N) is 3. The molecule has 1 saturated carbocycles. The van der Waals surface area contributed by atoms with E-state index in [9.17, 15) is 8.42 Å². The molecule has 0 radical (unpaired) electrons. The topological polar surface area (TPSA) is 76.3 Å². The maximum Gasteiger partial charge on any atom is 0.243 e.